The number of rotatable bonds is 4. The van der Waals surface area contributed by atoms with Gasteiger partial charge in [-0.05, 0) is 49.9 Å². The van der Waals surface area contributed by atoms with Gasteiger partial charge in [0, 0.05) is 12.6 Å². The third kappa shape index (κ3) is 4.43. The van der Waals surface area contributed by atoms with Gasteiger partial charge in [-0.2, -0.15) is 4.31 Å². The van der Waals surface area contributed by atoms with Crippen LogP contribution in [0.3, 0.4) is 0 Å². The van der Waals surface area contributed by atoms with Crippen molar-refractivity contribution in [1.29, 1.82) is 0 Å². The number of benzene rings is 1. The van der Waals surface area contributed by atoms with Gasteiger partial charge in [0.1, 0.15) is 11.9 Å². The van der Waals surface area contributed by atoms with Crippen LogP contribution in [0.4, 0.5) is 4.39 Å². The van der Waals surface area contributed by atoms with E-state index in [9.17, 15) is 17.6 Å². The number of carbonyl (C=O) groups excluding carboxylic acids is 1. The first-order valence-electron chi connectivity index (χ1n) is 9.56. The molecule has 1 aliphatic heterocycles. The predicted octanol–water partition coefficient (Wildman–Crippen LogP) is 3.21. The molecular weight excluding hydrogens is 355 g/mol. The summed E-state index contributed by atoms with van der Waals surface area (Å²) in [5, 5.41) is 3.09. The van der Waals surface area contributed by atoms with Crippen molar-refractivity contribution in [1.82, 2.24) is 9.62 Å². The molecular formula is C19H27FN2O3S. The van der Waals surface area contributed by atoms with E-state index in [2.05, 4.69) is 5.32 Å². The molecule has 0 aromatic heterocycles. The van der Waals surface area contributed by atoms with Gasteiger partial charge < -0.3 is 5.32 Å². The first-order chi connectivity index (χ1) is 12.5. The summed E-state index contributed by atoms with van der Waals surface area (Å²) in [6.45, 7) is 0.322. The number of hydrogen-bond acceptors (Lipinski definition) is 3. The van der Waals surface area contributed by atoms with Crippen LogP contribution in [0.5, 0.6) is 0 Å². The lowest BCUT2D eigenvalue weighted by Crippen LogP contribution is -2.53. The van der Waals surface area contributed by atoms with Crippen molar-refractivity contribution in [3.63, 3.8) is 0 Å². The summed E-state index contributed by atoms with van der Waals surface area (Å²) in [7, 11) is -3.82. The lowest BCUT2D eigenvalue weighted by atomic mass is 10.0. The number of carbonyl (C=O) groups is 1. The summed E-state index contributed by atoms with van der Waals surface area (Å²) >= 11 is 0. The Morgan fingerprint density at radius 3 is 2.23 bits per heavy atom. The van der Waals surface area contributed by atoms with Gasteiger partial charge in [0.05, 0.1) is 4.90 Å². The standard InChI is InChI=1S/C19H27FN2O3S/c20-15-10-12-17(13-11-15)26(24,25)22-14-6-5-9-18(22)19(23)21-16-7-3-1-2-4-8-16/h10-13,16,18H,1-9,14H2,(H,21,23). The first-order valence-corrected chi connectivity index (χ1v) is 11.0. The SMILES string of the molecule is O=C(NC1CCCCCC1)C1CCCCN1S(=O)(=O)c1ccc(F)cc1. The minimum atomic E-state index is -3.82. The van der Waals surface area contributed by atoms with Gasteiger partial charge in [0.25, 0.3) is 0 Å². The maximum Gasteiger partial charge on any atom is 0.243 e. The van der Waals surface area contributed by atoms with E-state index in [1.54, 1.807) is 0 Å². The van der Waals surface area contributed by atoms with Crippen LogP contribution in [0.15, 0.2) is 29.2 Å². The van der Waals surface area contributed by atoms with Crippen molar-refractivity contribution >= 4 is 15.9 Å². The molecule has 1 aromatic rings. The Balaban J connectivity index is 1.76. The van der Waals surface area contributed by atoms with Crippen molar-refractivity contribution < 1.29 is 17.6 Å². The molecule has 0 radical (unpaired) electrons. The third-order valence-corrected chi connectivity index (χ3v) is 7.30. The second kappa shape index (κ2) is 8.48. The van der Waals surface area contributed by atoms with Crippen LogP contribution in [0.2, 0.25) is 0 Å². The summed E-state index contributed by atoms with van der Waals surface area (Å²) < 4.78 is 40.4. The van der Waals surface area contributed by atoms with Crippen molar-refractivity contribution in [3.8, 4) is 0 Å². The maximum atomic E-state index is 13.1. The van der Waals surface area contributed by atoms with Crippen LogP contribution in [-0.2, 0) is 14.8 Å². The molecule has 1 aromatic carbocycles. The van der Waals surface area contributed by atoms with Crippen LogP contribution < -0.4 is 5.32 Å². The highest BCUT2D eigenvalue weighted by Crippen LogP contribution is 2.26. The van der Waals surface area contributed by atoms with Crippen LogP contribution in [0.1, 0.15) is 57.8 Å². The van der Waals surface area contributed by atoms with Gasteiger partial charge in [-0.15, -0.1) is 0 Å². The Morgan fingerprint density at radius 1 is 0.962 bits per heavy atom. The molecule has 0 spiro atoms. The second-order valence-corrected chi connectivity index (χ2v) is 9.17. The minimum Gasteiger partial charge on any atom is -0.352 e. The fraction of sp³-hybridized carbons (Fsp3) is 0.632. The van der Waals surface area contributed by atoms with Gasteiger partial charge in [-0.25, -0.2) is 12.8 Å². The molecule has 144 valence electrons. The van der Waals surface area contributed by atoms with E-state index in [1.165, 1.54) is 29.3 Å². The van der Waals surface area contributed by atoms with E-state index in [0.717, 1.165) is 50.7 Å². The molecule has 5 nitrogen and oxygen atoms in total. The summed E-state index contributed by atoms with van der Waals surface area (Å²) in [5.74, 6) is -0.674. The zero-order valence-corrected chi connectivity index (χ0v) is 15.8. The Labute approximate surface area is 155 Å². The molecule has 2 aliphatic rings. The Hall–Kier alpha value is -1.47. The fourth-order valence-corrected chi connectivity index (χ4v) is 5.57. The normalized spacial score (nSPS) is 23.3. The first kappa shape index (κ1) is 19.3. The molecule has 1 aliphatic carbocycles. The van der Waals surface area contributed by atoms with Crippen LogP contribution in [0.25, 0.3) is 0 Å². The van der Waals surface area contributed by atoms with Crippen molar-refractivity contribution in [3.05, 3.63) is 30.1 Å². The van der Waals surface area contributed by atoms with E-state index in [0.29, 0.717) is 13.0 Å². The summed E-state index contributed by atoms with van der Waals surface area (Å²) in [5.41, 5.74) is 0. The lowest BCUT2D eigenvalue weighted by Gasteiger charge is -2.34. The molecule has 1 saturated carbocycles. The molecule has 1 atom stereocenters. The zero-order chi connectivity index (χ0) is 18.6. The number of piperidine rings is 1. The smallest absolute Gasteiger partial charge is 0.243 e. The predicted molar refractivity (Wildman–Crippen MR) is 97.6 cm³/mol. The molecule has 3 rings (SSSR count). The molecule has 1 amide bonds. The minimum absolute atomic E-state index is 0.0352. The average Bonchev–Trinajstić information content (AvgIpc) is 2.91. The van der Waals surface area contributed by atoms with Crippen molar-refractivity contribution in [2.75, 3.05) is 6.54 Å². The Kier molecular flexibility index (Phi) is 6.29. The van der Waals surface area contributed by atoms with Gasteiger partial charge in [0.15, 0.2) is 0 Å². The molecule has 1 saturated heterocycles. The Bertz CT molecular complexity index is 713. The monoisotopic (exact) mass is 382 g/mol. The van der Waals surface area contributed by atoms with E-state index < -0.39 is 21.9 Å². The number of halogens is 1. The van der Waals surface area contributed by atoms with Gasteiger partial charge >= 0.3 is 0 Å². The van der Waals surface area contributed by atoms with Gasteiger partial charge in [-0.3, -0.25) is 4.79 Å². The van der Waals surface area contributed by atoms with E-state index in [1.807, 2.05) is 0 Å². The Morgan fingerprint density at radius 2 is 1.58 bits per heavy atom. The van der Waals surface area contributed by atoms with Crippen molar-refractivity contribution in [2.24, 2.45) is 0 Å². The van der Waals surface area contributed by atoms with Gasteiger partial charge in [0.2, 0.25) is 15.9 Å². The number of sulfonamides is 1. The summed E-state index contributed by atoms with van der Waals surface area (Å²) in [6, 6.07) is 4.26. The topological polar surface area (TPSA) is 66.5 Å². The zero-order valence-electron chi connectivity index (χ0n) is 15.0. The second-order valence-electron chi connectivity index (χ2n) is 7.28. The quantitative estimate of drug-likeness (QED) is 0.813. The van der Waals surface area contributed by atoms with Crippen LogP contribution >= 0.6 is 0 Å². The summed E-state index contributed by atoms with van der Waals surface area (Å²) in [4.78, 5) is 12.9. The third-order valence-electron chi connectivity index (χ3n) is 5.38. The van der Waals surface area contributed by atoms with E-state index in [4.69, 9.17) is 0 Å². The van der Waals surface area contributed by atoms with E-state index in [-0.39, 0.29) is 16.8 Å². The highest BCUT2D eigenvalue weighted by molar-refractivity contribution is 7.89. The molecule has 1 heterocycles. The lowest BCUT2D eigenvalue weighted by molar-refractivity contribution is -0.126. The van der Waals surface area contributed by atoms with Gasteiger partial charge in [-0.1, -0.05) is 32.1 Å². The summed E-state index contributed by atoms with van der Waals surface area (Å²) in [6.07, 6.45) is 8.61. The number of amides is 1. The fourth-order valence-electron chi connectivity index (χ4n) is 3.92. The molecule has 7 heteroatoms. The molecule has 2 fully saturated rings. The largest absolute Gasteiger partial charge is 0.352 e. The van der Waals surface area contributed by atoms with Crippen LogP contribution in [-0.4, -0.2) is 37.3 Å². The number of nitrogens with zero attached hydrogens (tertiary/aromatic N) is 1. The number of hydrogen-bond donors (Lipinski definition) is 1. The highest BCUT2D eigenvalue weighted by Gasteiger charge is 2.38. The molecule has 0 bridgehead atoms. The maximum absolute atomic E-state index is 13.1. The average molecular weight is 383 g/mol. The molecule has 26 heavy (non-hydrogen) atoms. The van der Waals surface area contributed by atoms with Crippen molar-refractivity contribution in [2.45, 2.75) is 74.8 Å². The number of nitrogens with one attached hydrogen (secondary N) is 1. The highest BCUT2D eigenvalue weighted by atomic mass is 32.2. The van der Waals surface area contributed by atoms with Crippen LogP contribution in [0, 0.1) is 5.82 Å². The van der Waals surface area contributed by atoms with E-state index >= 15 is 0 Å². The molecule has 1 N–H and O–H groups in total. The molecule has 1 unspecified atom stereocenters.